The van der Waals surface area contributed by atoms with Crippen LogP contribution in [0.1, 0.15) is 40.7 Å². The summed E-state index contributed by atoms with van der Waals surface area (Å²) in [5.74, 6) is 7.15. The lowest BCUT2D eigenvalue weighted by atomic mass is 9.93. The van der Waals surface area contributed by atoms with Crippen molar-refractivity contribution in [3.05, 3.63) is 77.6 Å². The summed E-state index contributed by atoms with van der Waals surface area (Å²) < 4.78 is 5.89. The Hall–Kier alpha value is -2.65. The van der Waals surface area contributed by atoms with E-state index in [2.05, 4.69) is 39.7 Å². The van der Waals surface area contributed by atoms with E-state index < -0.39 is 0 Å². The van der Waals surface area contributed by atoms with Gasteiger partial charge in [-0.3, -0.25) is 10.6 Å². The average molecular weight is 456 g/mol. The number of carbonyl (C=O) groups excluding carboxylic acids is 1. The van der Waals surface area contributed by atoms with Crippen LogP contribution < -0.4 is 32.0 Å². The van der Waals surface area contributed by atoms with Crippen molar-refractivity contribution >= 4 is 23.2 Å². The van der Waals surface area contributed by atoms with Gasteiger partial charge in [-0.05, 0) is 66.2 Å². The van der Waals surface area contributed by atoms with Crippen molar-refractivity contribution in [2.24, 2.45) is 5.84 Å². The number of nitrogens with two attached hydrogens (primary N) is 1. The van der Waals surface area contributed by atoms with Gasteiger partial charge in [0.1, 0.15) is 6.61 Å². The minimum atomic E-state index is -0.279. The molecule has 2 atom stereocenters. The Bertz CT molecular complexity index is 949. The SMILES string of the molecule is CSCCC(NC(=O)c1ccc(COc2ccc[nH+]c2)cc1C1=CCCC=C1)C([NH3+])NN. The van der Waals surface area contributed by atoms with Crippen LogP contribution in [0.2, 0.25) is 0 Å². The summed E-state index contributed by atoms with van der Waals surface area (Å²) in [6.45, 7) is 0.415. The van der Waals surface area contributed by atoms with E-state index in [0.29, 0.717) is 12.2 Å². The van der Waals surface area contributed by atoms with Crippen LogP contribution in [0.5, 0.6) is 5.75 Å². The zero-order valence-electron chi connectivity index (χ0n) is 18.5. The highest BCUT2D eigenvalue weighted by Gasteiger charge is 2.24. The van der Waals surface area contributed by atoms with Crippen LogP contribution in [0.4, 0.5) is 0 Å². The maximum atomic E-state index is 13.3. The van der Waals surface area contributed by atoms with Crippen molar-refractivity contribution in [2.75, 3.05) is 12.0 Å². The number of hydrogen-bond acceptors (Lipinski definition) is 5. The molecule has 32 heavy (non-hydrogen) atoms. The standard InChI is InChI=1S/C24H31N5O2S/c1-32-13-11-22(23(25)29-26)28-24(30)20-10-9-17(16-31-19-8-5-12-27-15-19)14-21(20)18-6-3-2-4-7-18/h3,5-10,12,14-15,22-23,29H,2,4,11,13,16,25-26H2,1H3,(H,28,30)/p+2. The molecule has 8 N–H and O–H groups in total. The molecular weight excluding hydrogens is 422 g/mol. The van der Waals surface area contributed by atoms with Crippen molar-refractivity contribution in [3.63, 3.8) is 0 Å². The first kappa shape index (κ1) is 24.0. The quantitative estimate of drug-likeness (QED) is 0.234. The zero-order chi connectivity index (χ0) is 22.8. The lowest BCUT2D eigenvalue weighted by Gasteiger charge is -2.23. The molecule has 1 aromatic heterocycles. The predicted molar refractivity (Wildman–Crippen MR) is 128 cm³/mol. The Morgan fingerprint density at radius 1 is 1.34 bits per heavy atom. The number of hydrazine groups is 1. The first-order valence-corrected chi connectivity index (χ1v) is 12.2. The summed E-state index contributed by atoms with van der Waals surface area (Å²) in [7, 11) is 0. The van der Waals surface area contributed by atoms with Crippen LogP contribution in [0.15, 0.2) is 61.0 Å². The van der Waals surface area contributed by atoms with Gasteiger partial charge in [-0.15, -0.1) is 0 Å². The van der Waals surface area contributed by atoms with Crippen molar-refractivity contribution < 1.29 is 20.2 Å². The molecule has 3 rings (SSSR count). The number of benzene rings is 1. The molecule has 1 heterocycles. The van der Waals surface area contributed by atoms with Crippen LogP contribution >= 0.6 is 11.8 Å². The minimum absolute atomic E-state index is 0.125. The largest absolute Gasteiger partial charge is 0.483 e. The highest BCUT2D eigenvalue weighted by molar-refractivity contribution is 7.98. The number of allylic oxidation sites excluding steroid dienone is 4. The summed E-state index contributed by atoms with van der Waals surface area (Å²) in [6.07, 6.45) is 14.6. The molecule has 2 aromatic rings. The maximum absolute atomic E-state index is 13.3. The van der Waals surface area contributed by atoms with E-state index in [1.165, 1.54) is 0 Å². The molecule has 0 bridgehead atoms. The molecule has 1 amide bonds. The summed E-state index contributed by atoms with van der Waals surface area (Å²) in [4.78, 5) is 16.3. The monoisotopic (exact) mass is 455 g/mol. The van der Waals surface area contributed by atoms with Crippen molar-refractivity contribution in [2.45, 2.75) is 38.1 Å². The molecule has 0 saturated heterocycles. The number of ether oxygens (including phenoxy) is 1. The van der Waals surface area contributed by atoms with Gasteiger partial charge in [0.2, 0.25) is 6.20 Å². The van der Waals surface area contributed by atoms with Crippen LogP contribution in [-0.4, -0.2) is 30.1 Å². The molecule has 0 spiro atoms. The average Bonchev–Trinajstić information content (AvgIpc) is 2.85. The fraction of sp³-hybridized carbons (Fsp3) is 0.333. The number of quaternary nitrogens is 1. The number of nitrogens with one attached hydrogen (secondary N) is 3. The van der Waals surface area contributed by atoms with Crippen LogP contribution in [0.3, 0.4) is 0 Å². The number of hydrogen-bond donors (Lipinski definition) is 4. The van der Waals surface area contributed by atoms with E-state index in [1.54, 1.807) is 11.8 Å². The number of H-pyrrole nitrogens is 1. The Morgan fingerprint density at radius 2 is 2.22 bits per heavy atom. The number of thioether (sulfide) groups is 1. The lowest BCUT2D eigenvalue weighted by molar-refractivity contribution is -0.435. The van der Waals surface area contributed by atoms with Crippen LogP contribution in [0, 0.1) is 0 Å². The molecule has 0 aliphatic heterocycles. The van der Waals surface area contributed by atoms with Crippen molar-refractivity contribution in [1.29, 1.82) is 0 Å². The summed E-state index contributed by atoms with van der Waals surface area (Å²) in [5, 5.41) is 3.13. The smallest absolute Gasteiger partial charge is 0.252 e. The van der Waals surface area contributed by atoms with Gasteiger partial charge < -0.3 is 15.8 Å². The summed E-state index contributed by atoms with van der Waals surface area (Å²) in [5.41, 5.74) is 10.3. The van der Waals surface area contributed by atoms with Gasteiger partial charge in [0.15, 0.2) is 18.1 Å². The van der Waals surface area contributed by atoms with Gasteiger partial charge in [-0.25, -0.2) is 10.4 Å². The fourth-order valence-electron chi connectivity index (χ4n) is 3.55. The fourth-order valence-corrected chi connectivity index (χ4v) is 4.04. The van der Waals surface area contributed by atoms with Gasteiger partial charge in [0.25, 0.3) is 5.91 Å². The topological polar surface area (TPSA) is 118 Å². The summed E-state index contributed by atoms with van der Waals surface area (Å²) in [6, 6.07) is 9.50. The minimum Gasteiger partial charge on any atom is -0.483 e. The molecule has 8 heteroatoms. The molecule has 1 aliphatic rings. The van der Waals surface area contributed by atoms with Gasteiger partial charge in [0.05, 0.1) is 6.04 Å². The number of aromatic nitrogens is 1. The number of aromatic amines is 1. The first-order valence-electron chi connectivity index (χ1n) is 10.8. The van der Waals surface area contributed by atoms with Crippen LogP contribution in [-0.2, 0) is 6.61 Å². The molecule has 2 unspecified atom stereocenters. The Morgan fingerprint density at radius 3 is 2.91 bits per heavy atom. The van der Waals surface area contributed by atoms with Gasteiger partial charge in [0, 0.05) is 11.6 Å². The maximum Gasteiger partial charge on any atom is 0.252 e. The normalized spacial score (nSPS) is 15.0. The van der Waals surface area contributed by atoms with E-state index in [9.17, 15) is 4.79 Å². The van der Waals surface area contributed by atoms with E-state index >= 15 is 0 Å². The Kier molecular flexibility index (Phi) is 9.30. The molecule has 0 radical (unpaired) electrons. The van der Waals surface area contributed by atoms with E-state index in [4.69, 9.17) is 10.6 Å². The Labute approximate surface area is 193 Å². The van der Waals surface area contributed by atoms with E-state index in [-0.39, 0.29) is 18.1 Å². The third-order valence-corrected chi connectivity index (χ3v) is 6.01. The summed E-state index contributed by atoms with van der Waals surface area (Å²) >= 11 is 1.73. The number of amides is 1. The third-order valence-electron chi connectivity index (χ3n) is 5.37. The number of carbonyl (C=O) groups is 1. The van der Waals surface area contributed by atoms with Gasteiger partial charge in [-0.2, -0.15) is 11.8 Å². The van der Waals surface area contributed by atoms with E-state index in [0.717, 1.165) is 47.5 Å². The first-order chi connectivity index (χ1) is 15.6. The molecule has 7 nitrogen and oxygen atoms in total. The highest BCUT2D eigenvalue weighted by atomic mass is 32.2. The zero-order valence-corrected chi connectivity index (χ0v) is 19.3. The lowest BCUT2D eigenvalue weighted by Crippen LogP contribution is -2.77. The predicted octanol–water partition coefficient (Wildman–Crippen LogP) is 1.70. The molecule has 0 saturated carbocycles. The van der Waals surface area contributed by atoms with Crippen molar-refractivity contribution in [1.82, 2.24) is 10.7 Å². The van der Waals surface area contributed by atoms with Crippen molar-refractivity contribution in [3.8, 4) is 5.75 Å². The van der Waals surface area contributed by atoms with Crippen LogP contribution in [0.25, 0.3) is 5.57 Å². The van der Waals surface area contributed by atoms with Gasteiger partial charge >= 0.3 is 0 Å². The van der Waals surface area contributed by atoms with E-state index in [1.807, 2.05) is 49.0 Å². The Balaban J connectivity index is 1.84. The second-order valence-electron chi connectivity index (χ2n) is 7.68. The van der Waals surface area contributed by atoms with Gasteiger partial charge in [-0.1, -0.05) is 24.3 Å². The molecule has 1 aliphatic carbocycles. The second-order valence-corrected chi connectivity index (χ2v) is 8.67. The molecule has 0 fully saturated rings. The molecular formula is C24H33N5O2S+2. The molecule has 1 aromatic carbocycles. The second kappa shape index (κ2) is 12.4. The number of pyridine rings is 1. The highest BCUT2D eigenvalue weighted by Crippen LogP contribution is 2.26. The third kappa shape index (κ3) is 6.67. The molecule has 170 valence electrons. The number of rotatable bonds is 11.